The van der Waals surface area contributed by atoms with Crippen molar-refractivity contribution in [2.75, 3.05) is 39.5 Å². The molecule has 1 unspecified atom stereocenters. The molecule has 0 aliphatic carbocycles. The number of rotatable bonds is 11. The molecule has 39 heavy (non-hydrogen) atoms. The van der Waals surface area contributed by atoms with Gasteiger partial charge in [0.2, 0.25) is 0 Å². The quantitative estimate of drug-likeness (QED) is 0.297. The predicted octanol–water partition coefficient (Wildman–Crippen LogP) is 4.06. The van der Waals surface area contributed by atoms with Gasteiger partial charge in [0.05, 0.1) is 19.8 Å². The van der Waals surface area contributed by atoms with Crippen LogP contribution in [0.4, 0.5) is 0 Å². The van der Waals surface area contributed by atoms with E-state index in [0.29, 0.717) is 51.6 Å². The number of carbonyl (C=O) groups is 1. The van der Waals surface area contributed by atoms with Crippen molar-refractivity contribution in [2.45, 2.75) is 25.4 Å². The lowest BCUT2D eigenvalue weighted by molar-refractivity contribution is 0.0303. The van der Waals surface area contributed by atoms with Crippen molar-refractivity contribution in [3.8, 4) is 5.75 Å². The summed E-state index contributed by atoms with van der Waals surface area (Å²) < 4.78 is 13.1. The van der Waals surface area contributed by atoms with Crippen molar-refractivity contribution < 1.29 is 14.3 Å². The number of nitrogens with zero attached hydrogens (tertiary/aromatic N) is 3. The summed E-state index contributed by atoms with van der Waals surface area (Å²) in [6.45, 7) is 4.23. The van der Waals surface area contributed by atoms with Gasteiger partial charge in [-0.1, -0.05) is 18.2 Å². The van der Waals surface area contributed by atoms with Crippen molar-refractivity contribution in [3.05, 3.63) is 107 Å². The van der Waals surface area contributed by atoms with Gasteiger partial charge in [-0.2, -0.15) is 0 Å². The van der Waals surface area contributed by atoms with E-state index in [2.05, 4.69) is 10.3 Å². The molecule has 1 fully saturated rings. The number of morpholine rings is 1. The molecule has 1 aliphatic heterocycles. The first-order valence-electron chi connectivity index (χ1n) is 13.5. The lowest BCUT2D eigenvalue weighted by Gasteiger charge is -2.26. The average Bonchev–Trinajstić information content (AvgIpc) is 3.00. The minimum absolute atomic E-state index is 0.0291. The maximum Gasteiger partial charge on any atom is 0.258 e. The van der Waals surface area contributed by atoms with Gasteiger partial charge in [-0.25, -0.2) is 0 Å². The Morgan fingerprint density at radius 2 is 1.77 bits per heavy atom. The molecule has 0 bridgehead atoms. The van der Waals surface area contributed by atoms with E-state index in [1.165, 1.54) is 0 Å². The van der Waals surface area contributed by atoms with E-state index in [0.717, 1.165) is 34.9 Å². The van der Waals surface area contributed by atoms with Gasteiger partial charge in [0.15, 0.2) is 0 Å². The van der Waals surface area contributed by atoms with Gasteiger partial charge in [0, 0.05) is 61.8 Å². The zero-order chi connectivity index (χ0) is 26.9. The van der Waals surface area contributed by atoms with E-state index < -0.39 is 0 Å². The first-order valence-corrected chi connectivity index (χ1v) is 13.5. The van der Waals surface area contributed by atoms with Gasteiger partial charge in [-0.05, 0) is 72.3 Å². The van der Waals surface area contributed by atoms with Crippen LogP contribution in [0.5, 0.6) is 5.75 Å². The Hall–Kier alpha value is -4.01. The second-order valence-corrected chi connectivity index (χ2v) is 9.61. The van der Waals surface area contributed by atoms with Crippen LogP contribution in [0.15, 0.2) is 90.1 Å². The van der Waals surface area contributed by atoms with Crippen molar-refractivity contribution in [2.24, 2.45) is 0 Å². The van der Waals surface area contributed by atoms with Crippen molar-refractivity contribution in [1.82, 2.24) is 19.8 Å². The molecule has 0 radical (unpaired) electrons. The maximum absolute atomic E-state index is 12.8. The van der Waals surface area contributed by atoms with Crippen molar-refractivity contribution >= 4 is 16.7 Å². The van der Waals surface area contributed by atoms with E-state index >= 15 is 0 Å². The minimum Gasteiger partial charge on any atom is -0.494 e. The molecule has 1 aliphatic rings. The molecule has 3 heterocycles. The van der Waals surface area contributed by atoms with E-state index in [4.69, 9.17) is 9.47 Å². The van der Waals surface area contributed by atoms with Crippen LogP contribution in [0.1, 0.15) is 34.8 Å². The van der Waals surface area contributed by atoms with Crippen LogP contribution in [0.25, 0.3) is 10.8 Å². The van der Waals surface area contributed by atoms with Gasteiger partial charge in [-0.3, -0.25) is 14.6 Å². The number of benzene rings is 2. The number of ether oxygens (including phenoxy) is 2. The van der Waals surface area contributed by atoms with E-state index in [-0.39, 0.29) is 17.5 Å². The van der Waals surface area contributed by atoms with Gasteiger partial charge in [0.1, 0.15) is 5.75 Å². The Balaban J connectivity index is 1.12. The number of pyridine rings is 2. The largest absolute Gasteiger partial charge is 0.494 e. The van der Waals surface area contributed by atoms with Crippen LogP contribution in [0.2, 0.25) is 0 Å². The molecule has 1 saturated heterocycles. The van der Waals surface area contributed by atoms with E-state index in [1.807, 2.05) is 77.8 Å². The molecular formula is C31H34N4O4. The van der Waals surface area contributed by atoms with Crippen LogP contribution in [-0.2, 0) is 11.3 Å². The Morgan fingerprint density at radius 3 is 2.56 bits per heavy atom. The summed E-state index contributed by atoms with van der Waals surface area (Å²) in [5.41, 5.74) is 1.85. The molecule has 8 heteroatoms. The number of hydrogen-bond donors (Lipinski definition) is 1. The molecule has 2 aromatic carbocycles. The molecule has 1 atom stereocenters. The van der Waals surface area contributed by atoms with Crippen LogP contribution in [0.3, 0.4) is 0 Å². The number of amides is 1. The smallest absolute Gasteiger partial charge is 0.258 e. The Labute approximate surface area is 228 Å². The Morgan fingerprint density at radius 1 is 1.00 bits per heavy atom. The zero-order valence-electron chi connectivity index (χ0n) is 22.0. The van der Waals surface area contributed by atoms with Crippen LogP contribution >= 0.6 is 0 Å². The number of carbonyl (C=O) groups excluding carboxylic acids is 1. The molecule has 202 valence electrons. The Kier molecular flexibility index (Phi) is 8.98. The first-order chi connectivity index (χ1) is 19.2. The summed E-state index contributed by atoms with van der Waals surface area (Å²) in [6.07, 6.45) is 7.16. The highest BCUT2D eigenvalue weighted by atomic mass is 16.5. The molecular weight excluding hydrogens is 492 g/mol. The summed E-state index contributed by atoms with van der Waals surface area (Å²) in [6, 6.07) is 21.2. The molecule has 1 amide bonds. The highest BCUT2D eigenvalue weighted by molar-refractivity contribution is 5.94. The molecule has 0 spiro atoms. The van der Waals surface area contributed by atoms with Gasteiger partial charge >= 0.3 is 0 Å². The van der Waals surface area contributed by atoms with Gasteiger partial charge in [0.25, 0.3) is 11.5 Å². The van der Waals surface area contributed by atoms with Gasteiger partial charge < -0.3 is 24.3 Å². The standard InChI is InChI=1S/C31H34N4O4/c36-30(35-19-22-38-23-20-35)26-7-9-27(10-8-26)39-21-3-6-29(25-11-14-32-15-12-25)33-16-18-34-17-13-24-4-1-2-5-28(24)31(34)37/h1-2,4-5,7-15,17,29,33H,3,6,16,18-23H2. The minimum atomic E-state index is 0.0291. The zero-order valence-corrected chi connectivity index (χ0v) is 22.0. The highest BCUT2D eigenvalue weighted by Gasteiger charge is 2.18. The molecule has 5 rings (SSSR count). The number of fused-ring (bicyclic) bond motifs is 1. The molecule has 4 aromatic rings. The highest BCUT2D eigenvalue weighted by Crippen LogP contribution is 2.19. The summed E-state index contributed by atoms with van der Waals surface area (Å²) in [5.74, 6) is 0.777. The topological polar surface area (TPSA) is 85.7 Å². The van der Waals surface area contributed by atoms with E-state index in [9.17, 15) is 9.59 Å². The average molecular weight is 527 g/mol. The monoisotopic (exact) mass is 526 g/mol. The van der Waals surface area contributed by atoms with Crippen LogP contribution < -0.4 is 15.6 Å². The predicted molar refractivity (Wildman–Crippen MR) is 151 cm³/mol. The third-order valence-electron chi connectivity index (χ3n) is 7.04. The molecule has 1 N–H and O–H groups in total. The van der Waals surface area contributed by atoms with Crippen molar-refractivity contribution in [3.63, 3.8) is 0 Å². The fraction of sp³-hybridized carbons (Fsp3) is 0.323. The lowest BCUT2D eigenvalue weighted by Crippen LogP contribution is -2.40. The number of aromatic nitrogens is 2. The molecule has 2 aromatic heterocycles. The fourth-order valence-corrected chi connectivity index (χ4v) is 4.87. The third-order valence-corrected chi connectivity index (χ3v) is 7.04. The summed E-state index contributed by atoms with van der Waals surface area (Å²) >= 11 is 0. The lowest BCUT2D eigenvalue weighted by atomic mass is 10.0. The van der Waals surface area contributed by atoms with Crippen molar-refractivity contribution in [1.29, 1.82) is 0 Å². The molecule has 8 nitrogen and oxygen atoms in total. The summed E-state index contributed by atoms with van der Waals surface area (Å²) in [4.78, 5) is 31.4. The Bertz CT molecular complexity index is 1420. The summed E-state index contributed by atoms with van der Waals surface area (Å²) in [5, 5.41) is 5.31. The third kappa shape index (κ3) is 6.90. The molecule has 0 saturated carbocycles. The van der Waals surface area contributed by atoms with Crippen LogP contribution in [0, 0.1) is 0 Å². The van der Waals surface area contributed by atoms with Gasteiger partial charge in [-0.15, -0.1) is 0 Å². The number of nitrogens with one attached hydrogen (secondary N) is 1. The van der Waals surface area contributed by atoms with E-state index in [1.54, 1.807) is 17.0 Å². The van der Waals surface area contributed by atoms with Crippen LogP contribution in [-0.4, -0.2) is 59.8 Å². The summed E-state index contributed by atoms with van der Waals surface area (Å²) in [7, 11) is 0. The SMILES string of the molecule is O=C(c1ccc(OCCCC(NCCn2ccc3ccccc3c2=O)c2ccncc2)cc1)N1CCOCC1. The second kappa shape index (κ2) is 13.2. The number of hydrogen-bond acceptors (Lipinski definition) is 6. The second-order valence-electron chi connectivity index (χ2n) is 9.61. The normalized spacial score (nSPS) is 14.3. The fourth-order valence-electron chi connectivity index (χ4n) is 4.87. The first kappa shape index (κ1) is 26.6. The maximum atomic E-state index is 12.8.